The SMILES string of the molecule is CCN(CC(C)C)C(=O)C(C)Oc1cccc(C#N)c1. The van der Waals surface area contributed by atoms with E-state index in [-0.39, 0.29) is 5.91 Å². The van der Waals surface area contributed by atoms with Gasteiger partial charge in [0.05, 0.1) is 11.6 Å². The zero-order chi connectivity index (χ0) is 15.1. The Hall–Kier alpha value is -2.02. The van der Waals surface area contributed by atoms with Crippen LogP contribution < -0.4 is 4.74 Å². The molecule has 1 aromatic carbocycles. The molecule has 0 aliphatic carbocycles. The minimum absolute atomic E-state index is 0.0245. The van der Waals surface area contributed by atoms with Crippen molar-refractivity contribution in [2.75, 3.05) is 13.1 Å². The van der Waals surface area contributed by atoms with E-state index in [9.17, 15) is 4.79 Å². The van der Waals surface area contributed by atoms with Crippen LogP contribution in [0.1, 0.15) is 33.3 Å². The highest BCUT2D eigenvalue weighted by molar-refractivity contribution is 5.80. The summed E-state index contributed by atoms with van der Waals surface area (Å²) < 4.78 is 5.64. The fourth-order valence-corrected chi connectivity index (χ4v) is 1.97. The minimum Gasteiger partial charge on any atom is -0.481 e. The summed E-state index contributed by atoms with van der Waals surface area (Å²) in [5, 5.41) is 8.85. The summed E-state index contributed by atoms with van der Waals surface area (Å²) in [4.78, 5) is 14.1. The Balaban J connectivity index is 2.71. The van der Waals surface area contributed by atoms with Crippen molar-refractivity contribution in [2.24, 2.45) is 5.92 Å². The molecule has 0 aromatic heterocycles. The van der Waals surface area contributed by atoms with E-state index in [0.29, 0.717) is 23.8 Å². The number of amides is 1. The minimum atomic E-state index is -0.553. The number of hydrogen-bond donors (Lipinski definition) is 0. The molecule has 20 heavy (non-hydrogen) atoms. The molecule has 0 bridgehead atoms. The summed E-state index contributed by atoms with van der Waals surface area (Å²) in [7, 11) is 0. The van der Waals surface area contributed by atoms with Crippen LogP contribution in [0.3, 0.4) is 0 Å². The van der Waals surface area contributed by atoms with Crippen LogP contribution in [0.5, 0.6) is 5.75 Å². The maximum Gasteiger partial charge on any atom is 0.263 e. The van der Waals surface area contributed by atoms with Crippen LogP contribution >= 0.6 is 0 Å². The molecule has 4 nitrogen and oxygen atoms in total. The summed E-state index contributed by atoms with van der Waals surface area (Å²) in [6, 6.07) is 8.90. The van der Waals surface area contributed by atoms with Crippen molar-refractivity contribution in [3.05, 3.63) is 29.8 Å². The molecule has 1 atom stereocenters. The van der Waals surface area contributed by atoms with Crippen LogP contribution in [0, 0.1) is 17.2 Å². The van der Waals surface area contributed by atoms with Gasteiger partial charge in [0.2, 0.25) is 0 Å². The summed E-state index contributed by atoms with van der Waals surface area (Å²) in [5.74, 6) is 0.946. The van der Waals surface area contributed by atoms with Crippen molar-refractivity contribution in [1.82, 2.24) is 4.90 Å². The average Bonchev–Trinajstić information content (AvgIpc) is 2.43. The maximum atomic E-state index is 12.3. The molecule has 1 amide bonds. The number of benzene rings is 1. The van der Waals surface area contributed by atoms with Crippen molar-refractivity contribution in [1.29, 1.82) is 5.26 Å². The number of hydrogen-bond acceptors (Lipinski definition) is 3. The summed E-state index contributed by atoms with van der Waals surface area (Å²) >= 11 is 0. The van der Waals surface area contributed by atoms with Gasteiger partial charge in [0, 0.05) is 13.1 Å². The lowest BCUT2D eigenvalue weighted by Gasteiger charge is -2.26. The lowest BCUT2D eigenvalue weighted by molar-refractivity contribution is -0.138. The molecular weight excluding hydrogens is 252 g/mol. The number of rotatable bonds is 6. The molecule has 1 rings (SSSR count). The van der Waals surface area contributed by atoms with Crippen LogP contribution in [-0.2, 0) is 4.79 Å². The van der Waals surface area contributed by atoms with Gasteiger partial charge in [-0.2, -0.15) is 5.26 Å². The lowest BCUT2D eigenvalue weighted by atomic mass is 10.2. The highest BCUT2D eigenvalue weighted by atomic mass is 16.5. The Kier molecular flexibility index (Phi) is 6.05. The molecule has 4 heteroatoms. The van der Waals surface area contributed by atoms with Gasteiger partial charge in [0.1, 0.15) is 5.75 Å². The molecule has 0 aliphatic heterocycles. The van der Waals surface area contributed by atoms with Gasteiger partial charge >= 0.3 is 0 Å². The van der Waals surface area contributed by atoms with E-state index in [1.54, 1.807) is 36.1 Å². The van der Waals surface area contributed by atoms with Gasteiger partial charge in [0.15, 0.2) is 6.10 Å². The second-order valence-electron chi connectivity index (χ2n) is 5.17. The third-order valence-corrected chi connectivity index (χ3v) is 2.90. The van der Waals surface area contributed by atoms with Gasteiger partial charge in [0.25, 0.3) is 5.91 Å². The Morgan fingerprint density at radius 2 is 2.10 bits per heavy atom. The first-order chi connectivity index (χ1) is 9.47. The van der Waals surface area contributed by atoms with Gasteiger partial charge in [-0.05, 0) is 38.0 Å². The van der Waals surface area contributed by atoms with E-state index in [4.69, 9.17) is 10.00 Å². The van der Waals surface area contributed by atoms with Crippen LogP contribution in [0.25, 0.3) is 0 Å². The molecule has 0 N–H and O–H groups in total. The first kappa shape index (κ1) is 16.0. The average molecular weight is 274 g/mol. The van der Waals surface area contributed by atoms with Crippen molar-refractivity contribution in [3.63, 3.8) is 0 Å². The van der Waals surface area contributed by atoms with E-state index >= 15 is 0 Å². The standard InChI is InChI=1S/C16H22N2O2/c1-5-18(11-12(2)3)16(19)13(4)20-15-8-6-7-14(9-15)10-17/h6-9,12-13H,5,11H2,1-4H3. The summed E-state index contributed by atoms with van der Waals surface area (Å²) in [6.07, 6.45) is -0.553. The number of carbonyl (C=O) groups is 1. The number of nitrogens with zero attached hydrogens (tertiary/aromatic N) is 2. The first-order valence-corrected chi connectivity index (χ1v) is 6.93. The second-order valence-corrected chi connectivity index (χ2v) is 5.17. The molecule has 0 spiro atoms. The van der Waals surface area contributed by atoms with E-state index in [0.717, 1.165) is 6.54 Å². The maximum absolute atomic E-state index is 12.3. The van der Waals surface area contributed by atoms with Crippen molar-refractivity contribution >= 4 is 5.91 Å². The topological polar surface area (TPSA) is 53.3 Å². The zero-order valence-electron chi connectivity index (χ0n) is 12.6. The molecule has 1 aromatic rings. The van der Waals surface area contributed by atoms with E-state index in [1.807, 2.05) is 6.92 Å². The molecule has 0 heterocycles. The Bertz CT molecular complexity index is 491. The highest BCUT2D eigenvalue weighted by Crippen LogP contribution is 2.15. The number of likely N-dealkylation sites (N-methyl/N-ethyl adjacent to an activating group) is 1. The predicted molar refractivity (Wildman–Crippen MR) is 78.3 cm³/mol. The molecule has 0 fully saturated rings. The van der Waals surface area contributed by atoms with Crippen molar-refractivity contribution < 1.29 is 9.53 Å². The fraction of sp³-hybridized carbons (Fsp3) is 0.500. The van der Waals surface area contributed by atoms with Crippen molar-refractivity contribution in [3.8, 4) is 11.8 Å². The van der Waals surface area contributed by atoms with Gasteiger partial charge in [-0.3, -0.25) is 4.79 Å². The Labute approximate surface area is 121 Å². The predicted octanol–water partition coefficient (Wildman–Crippen LogP) is 2.83. The summed E-state index contributed by atoms with van der Waals surface area (Å²) in [6.45, 7) is 9.26. The third kappa shape index (κ3) is 4.58. The van der Waals surface area contributed by atoms with Crippen LogP contribution in [0.4, 0.5) is 0 Å². The van der Waals surface area contributed by atoms with Gasteiger partial charge in [-0.25, -0.2) is 0 Å². The van der Waals surface area contributed by atoms with Crippen LogP contribution in [-0.4, -0.2) is 30.0 Å². The smallest absolute Gasteiger partial charge is 0.263 e. The molecule has 108 valence electrons. The summed E-state index contributed by atoms with van der Waals surface area (Å²) in [5.41, 5.74) is 0.525. The lowest BCUT2D eigenvalue weighted by Crippen LogP contribution is -2.42. The molecular formula is C16H22N2O2. The quantitative estimate of drug-likeness (QED) is 0.801. The van der Waals surface area contributed by atoms with Crippen LogP contribution in [0.15, 0.2) is 24.3 Å². The van der Waals surface area contributed by atoms with Crippen LogP contribution in [0.2, 0.25) is 0 Å². The van der Waals surface area contributed by atoms with Crippen molar-refractivity contribution in [2.45, 2.75) is 33.8 Å². The fourth-order valence-electron chi connectivity index (χ4n) is 1.97. The largest absolute Gasteiger partial charge is 0.481 e. The molecule has 0 radical (unpaired) electrons. The molecule has 0 aliphatic rings. The van der Waals surface area contributed by atoms with Gasteiger partial charge in [-0.1, -0.05) is 19.9 Å². The highest BCUT2D eigenvalue weighted by Gasteiger charge is 2.21. The molecule has 1 unspecified atom stereocenters. The van der Waals surface area contributed by atoms with Gasteiger partial charge < -0.3 is 9.64 Å². The number of carbonyl (C=O) groups excluding carboxylic acids is 1. The normalized spacial score (nSPS) is 11.8. The zero-order valence-corrected chi connectivity index (χ0v) is 12.6. The van der Waals surface area contributed by atoms with Gasteiger partial charge in [-0.15, -0.1) is 0 Å². The second kappa shape index (κ2) is 7.54. The molecule has 0 saturated heterocycles. The Morgan fingerprint density at radius 3 is 2.65 bits per heavy atom. The number of nitriles is 1. The monoisotopic (exact) mass is 274 g/mol. The Morgan fingerprint density at radius 1 is 1.40 bits per heavy atom. The number of ether oxygens (including phenoxy) is 1. The van der Waals surface area contributed by atoms with E-state index in [1.165, 1.54) is 0 Å². The third-order valence-electron chi connectivity index (χ3n) is 2.90. The van der Waals surface area contributed by atoms with E-state index < -0.39 is 6.10 Å². The molecule has 0 saturated carbocycles. The first-order valence-electron chi connectivity index (χ1n) is 6.93. The van der Waals surface area contributed by atoms with E-state index in [2.05, 4.69) is 19.9 Å².